The van der Waals surface area contributed by atoms with Crippen LogP contribution < -0.4 is 0 Å². The van der Waals surface area contributed by atoms with Gasteiger partial charge in [-0.05, 0) is 116 Å². The molecule has 0 aliphatic heterocycles. The van der Waals surface area contributed by atoms with Crippen LogP contribution in [0, 0.1) is 0 Å². The van der Waals surface area contributed by atoms with Crippen molar-refractivity contribution in [2.24, 2.45) is 0 Å². The van der Waals surface area contributed by atoms with Gasteiger partial charge in [-0.1, -0.05) is 146 Å². The normalized spacial score (nSPS) is 12.1. The standard InChI is InChI=1S/C60H36N4/c1-2-13-41-35-58-52(32-40(41)12-1)48-15-7-10-20-56(48)64(58)46-30-27-42-36-57-53(34-44(42)31-46)49-16-6-9-19-55(49)63(57)45-28-25-39(26-29-45)59-50-17-5-8-18-54(50)61-60(62-59)43-24-23-38-22-21-37-11-3-4-14-47(37)51(38)33-43/h1-36H. The molecule has 296 valence electrons. The van der Waals surface area contributed by atoms with E-state index in [1.165, 1.54) is 86.7 Å². The maximum atomic E-state index is 5.31. The van der Waals surface area contributed by atoms with Crippen molar-refractivity contribution < 1.29 is 0 Å². The van der Waals surface area contributed by atoms with E-state index >= 15 is 0 Å². The lowest BCUT2D eigenvalue weighted by molar-refractivity contribution is 1.18. The molecule has 3 aromatic heterocycles. The molecule has 64 heavy (non-hydrogen) atoms. The molecule has 0 aliphatic carbocycles. The first kappa shape index (κ1) is 35.0. The van der Waals surface area contributed by atoms with Crippen molar-refractivity contribution in [1.29, 1.82) is 0 Å². The van der Waals surface area contributed by atoms with E-state index < -0.39 is 0 Å². The minimum Gasteiger partial charge on any atom is -0.309 e. The third kappa shape index (κ3) is 5.23. The van der Waals surface area contributed by atoms with Gasteiger partial charge in [-0.25, -0.2) is 9.97 Å². The second-order valence-corrected chi connectivity index (χ2v) is 17.0. The first-order valence-corrected chi connectivity index (χ1v) is 21.9. The van der Waals surface area contributed by atoms with E-state index in [2.05, 4.69) is 228 Å². The van der Waals surface area contributed by atoms with E-state index in [0.717, 1.165) is 44.9 Å². The van der Waals surface area contributed by atoms with E-state index in [9.17, 15) is 0 Å². The zero-order valence-electron chi connectivity index (χ0n) is 34.6. The average Bonchev–Trinajstić information content (AvgIpc) is 3.85. The Hall–Kier alpha value is -8.60. The second-order valence-electron chi connectivity index (χ2n) is 17.0. The summed E-state index contributed by atoms with van der Waals surface area (Å²) in [5.41, 5.74) is 10.9. The Labute approximate surface area is 367 Å². The number of hydrogen-bond acceptors (Lipinski definition) is 2. The first-order valence-electron chi connectivity index (χ1n) is 21.9. The van der Waals surface area contributed by atoms with Crippen LogP contribution in [0.3, 0.4) is 0 Å². The Kier molecular flexibility index (Phi) is 7.36. The number of benzene rings is 11. The molecule has 14 aromatic rings. The van der Waals surface area contributed by atoms with Crippen molar-refractivity contribution in [2.75, 3.05) is 0 Å². The van der Waals surface area contributed by atoms with E-state index in [0.29, 0.717) is 0 Å². The molecule has 0 unspecified atom stereocenters. The summed E-state index contributed by atoms with van der Waals surface area (Å²) in [6.07, 6.45) is 0. The second kappa shape index (κ2) is 13.4. The molecule has 0 saturated carbocycles. The van der Waals surface area contributed by atoms with Crippen molar-refractivity contribution in [1.82, 2.24) is 19.1 Å². The van der Waals surface area contributed by atoms with Crippen molar-refractivity contribution >= 4 is 97.6 Å². The summed E-state index contributed by atoms with van der Waals surface area (Å²) in [6.45, 7) is 0. The Bertz CT molecular complexity index is 4250. The Morgan fingerprint density at radius 1 is 0.266 bits per heavy atom. The third-order valence-electron chi connectivity index (χ3n) is 13.4. The monoisotopic (exact) mass is 812 g/mol. The molecular weight excluding hydrogens is 777 g/mol. The lowest BCUT2D eigenvalue weighted by Crippen LogP contribution is -1.97. The average molecular weight is 813 g/mol. The lowest BCUT2D eigenvalue weighted by atomic mass is 9.99. The highest BCUT2D eigenvalue weighted by Crippen LogP contribution is 2.39. The highest BCUT2D eigenvalue weighted by Gasteiger charge is 2.18. The van der Waals surface area contributed by atoms with E-state index in [1.54, 1.807) is 0 Å². The van der Waals surface area contributed by atoms with E-state index in [1.807, 2.05) is 0 Å². The largest absolute Gasteiger partial charge is 0.309 e. The van der Waals surface area contributed by atoms with Gasteiger partial charge < -0.3 is 9.13 Å². The van der Waals surface area contributed by atoms with Crippen molar-refractivity contribution in [3.8, 4) is 34.0 Å². The lowest BCUT2D eigenvalue weighted by Gasteiger charge is -2.13. The zero-order chi connectivity index (χ0) is 41.9. The summed E-state index contributed by atoms with van der Waals surface area (Å²) >= 11 is 0. The fourth-order valence-electron chi connectivity index (χ4n) is 10.4. The third-order valence-corrected chi connectivity index (χ3v) is 13.4. The molecule has 11 aromatic carbocycles. The van der Waals surface area contributed by atoms with Gasteiger partial charge in [0, 0.05) is 49.4 Å². The summed E-state index contributed by atoms with van der Waals surface area (Å²) in [7, 11) is 0. The van der Waals surface area contributed by atoms with E-state index in [-0.39, 0.29) is 0 Å². The fourth-order valence-corrected chi connectivity index (χ4v) is 10.4. The molecule has 0 aliphatic rings. The molecule has 0 saturated heterocycles. The summed E-state index contributed by atoms with van der Waals surface area (Å²) in [5.74, 6) is 0.719. The number of fused-ring (bicyclic) bond motifs is 12. The molecular formula is C60H36N4. The van der Waals surface area contributed by atoms with Crippen LogP contribution in [0.25, 0.3) is 132 Å². The van der Waals surface area contributed by atoms with Gasteiger partial charge in [-0.3, -0.25) is 0 Å². The summed E-state index contributed by atoms with van der Waals surface area (Å²) in [6, 6.07) is 79.3. The van der Waals surface area contributed by atoms with Crippen LogP contribution in [0.4, 0.5) is 0 Å². The van der Waals surface area contributed by atoms with Gasteiger partial charge in [0.2, 0.25) is 0 Å². The van der Waals surface area contributed by atoms with Crippen molar-refractivity contribution in [3.63, 3.8) is 0 Å². The Morgan fingerprint density at radius 3 is 1.50 bits per heavy atom. The molecule has 0 atom stereocenters. The van der Waals surface area contributed by atoms with Crippen LogP contribution in [-0.4, -0.2) is 19.1 Å². The van der Waals surface area contributed by atoms with Gasteiger partial charge in [-0.15, -0.1) is 0 Å². The molecule has 0 radical (unpaired) electrons. The maximum Gasteiger partial charge on any atom is 0.160 e. The van der Waals surface area contributed by atoms with Gasteiger partial charge in [0.25, 0.3) is 0 Å². The zero-order valence-corrected chi connectivity index (χ0v) is 34.6. The predicted molar refractivity (Wildman–Crippen MR) is 269 cm³/mol. The summed E-state index contributed by atoms with van der Waals surface area (Å²) in [5, 5.41) is 15.8. The fraction of sp³-hybridized carbons (Fsp3) is 0. The number of nitrogens with zero attached hydrogens (tertiary/aromatic N) is 4. The summed E-state index contributed by atoms with van der Waals surface area (Å²) in [4.78, 5) is 10.4. The SMILES string of the molecule is c1ccc2cc3c(cc2c1)c1ccccc1n3-c1ccc2cc3c(cc2c1)c1ccccc1n3-c1ccc(-c2nc(-c3ccc4ccc5ccccc5c4c3)nc3ccccc23)cc1. The molecule has 0 amide bonds. The quantitative estimate of drug-likeness (QED) is 0.166. The first-order chi connectivity index (χ1) is 31.7. The molecule has 0 fully saturated rings. The predicted octanol–water partition coefficient (Wildman–Crippen LogP) is 15.8. The topological polar surface area (TPSA) is 35.6 Å². The van der Waals surface area contributed by atoms with Crippen LogP contribution in [0.1, 0.15) is 0 Å². The van der Waals surface area contributed by atoms with Gasteiger partial charge in [0.15, 0.2) is 5.82 Å². The minimum atomic E-state index is 0.719. The molecule has 0 N–H and O–H groups in total. The van der Waals surface area contributed by atoms with Gasteiger partial charge in [-0.2, -0.15) is 0 Å². The molecule has 0 spiro atoms. The Morgan fingerprint density at radius 2 is 0.766 bits per heavy atom. The maximum absolute atomic E-state index is 5.31. The number of hydrogen-bond donors (Lipinski definition) is 0. The molecule has 3 heterocycles. The number of para-hydroxylation sites is 3. The Balaban J connectivity index is 0.896. The van der Waals surface area contributed by atoms with Crippen molar-refractivity contribution in [2.45, 2.75) is 0 Å². The van der Waals surface area contributed by atoms with Crippen molar-refractivity contribution in [3.05, 3.63) is 218 Å². The highest BCUT2D eigenvalue weighted by atomic mass is 15.0. The van der Waals surface area contributed by atoms with Crippen LogP contribution in [-0.2, 0) is 0 Å². The smallest absolute Gasteiger partial charge is 0.160 e. The highest BCUT2D eigenvalue weighted by molar-refractivity contribution is 6.16. The minimum absolute atomic E-state index is 0.719. The van der Waals surface area contributed by atoms with Crippen LogP contribution >= 0.6 is 0 Å². The van der Waals surface area contributed by atoms with Gasteiger partial charge >= 0.3 is 0 Å². The molecule has 0 bridgehead atoms. The van der Waals surface area contributed by atoms with Gasteiger partial charge in [0.1, 0.15) is 0 Å². The summed E-state index contributed by atoms with van der Waals surface area (Å²) < 4.78 is 4.84. The van der Waals surface area contributed by atoms with Gasteiger partial charge in [0.05, 0.1) is 33.3 Å². The number of aromatic nitrogens is 4. The molecule has 4 nitrogen and oxygen atoms in total. The van der Waals surface area contributed by atoms with E-state index in [4.69, 9.17) is 9.97 Å². The van der Waals surface area contributed by atoms with Crippen LogP contribution in [0.2, 0.25) is 0 Å². The molecule has 14 rings (SSSR count). The molecule has 4 heteroatoms. The van der Waals surface area contributed by atoms with Crippen LogP contribution in [0.5, 0.6) is 0 Å². The number of rotatable bonds is 4. The van der Waals surface area contributed by atoms with Crippen LogP contribution in [0.15, 0.2) is 218 Å².